The summed E-state index contributed by atoms with van der Waals surface area (Å²) in [5, 5.41) is 0. The highest BCUT2D eigenvalue weighted by Crippen LogP contribution is 2.15. The molecule has 0 aromatic rings. The fraction of sp³-hybridized carbons (Fsp3) is 0.750. The molecule has 0 aliphatic heterocycles. The monoisotopic (exact) mass is 125 g/mol. The second-order valence-electron chi connectivity index (χ2n) is 2.94. The third-order valence-corrected chi connectivity index (χ3v) is 1.92. The molecule has 0 radical (unpaired) electrons. The lowest BCUT2D eigenvalue weighted by Gasteiger charge is -2.02. The molecule has 2 N–H and O–H groups in total. The van der Waals surface area contributed by atoms with Crippen molar-refractivity contribution in [2.75, 3.05) is 0 Å². The predicted molar refractivity (Wildman–Crippen MR) is 40.2 cm³/mol. The molecule has 0 amide bonds. The summed E-state index contributed by atoms with van der Waals surface area (Å²) in [6.45, 7) is 2.19. The van der Waals surface area contributed by atoms with E-state index in [-0.39, 0.29) is 0 Å². The molecule has 0 saturated carbocycles. The van der Waals surface area contributed by atoms with Crippen LogP contribution in [0.1, 0.15) is 32.6 Å². The Morgan fingerprint density at radius 2 is 2.44 bits per heavy atom. The zero-order valence-corrected chi connectivity index (χ0v) is 6.06. The molecule has 0 spiro atoms. The molecule has 0 fully saturated rings. The molecule has 1 atom stereocenters. The molecule has 1 rings (SSSR count). The van der Waals surface area contributed by atoms with Crippen LogP contribution in [0.25, 0.3) is 0 Å². The molecule has 0 saturated heterocycles. The Labute approximate surface area is 56.9 Å². The van der Waals surface area contributed by atoms with E-state index in [1.807, 2.05) is 0 Å². The van der Waals surface area contributed by atoms with Crippen LogP contribution in [0.3, 0.4) is 0 Å². The van der Waals surface area contributed by atoms with Gasteiger partial charge in [0.05, 0.1) is 0 Å². The fourth-order valence-corrected chi connectivity index (χ4v) is 1.22. The van der Waals surface area contributed by atoms with E-state index in [0.29, 0.717) is 6.04 Å². The molecule has 52 valence electrons. The van der Waals surface area contributed by atoms with Crippen LogP contribution in [0.15, 0.2) is 11.6 Å². The lowest BCUT2D eigenvalue weighted by molar-refractivity contribution is 0.606. The summed E-state index contributed by atoms with van der Waals surface area (Å²) in [6, 6.07) is 0.433. The van der Waals surface area contributed by atoms with Gasteiger partial charge in [-0.15, -0.1) is 0 Å². The van der Waals surface area contributed by atoms with Crippen molar-refractivity contribution in [1.29, 1.82) is 0 Å². The van der Waals surface area contributed by atoms with Crippen molar-refractivity contribution in [3.8, 4) is 0 Å². The van der Waals surface area contributed by atoms with E-state index < -0.39 is 0 Å². The number of nitrogens with two attached hydrogens (primary N) is 1. The molecule has 0 heterocycles. The SMILES string of the molecule is CC1=CC[C@H](N)CCC1. The van der Waals surface area contributed by atoms with E-state index in [1.54, 1.807) is 0 Å². The number of allylic oxidation sites excluding steroid dienone is 1. The minimum absolute atomic E-state index is 0.433. The molecule has 0 bridgehead atoms. The largest absolute Gasteiger partial charge is 0.327 e. The minimum Gasteiger partial charge on any atom is -0.327 e. The van der Waals surface area contributed by atoms with E-state index >= 15 is 0 Å². The van der Waals surface area contributed by atoms with Crippen LogP contribution in [0, 0.1) is 0 Å². The summed E-state index contributed by atoms with van der Waals surface area (Å²) < 4.78 is 0. The smallest absolute Gasteiger partial charge is 0.00736 e. The quantitative estimate of drug-likeness (QED) is 0.491. The van der Waals surface area contributed by atoms with E-state index in [9.17, 15) is 0 Å². The molecule has 0 aromatic carbocycles. The summed E-state index contributed by atoms with van der Waals surface area (Å²) in [4.78, 5) is 0. The number of hydrogen-bond acceptors (Lipinski definition) is 1. The Kier molecular flexibility index (Phi) is 2.29. The molecule has 1 aliphatic carbocycles. The third-order valence-electron chi connectivity index (χ3n) is 1.92. The first-order valence-electron chi connectivity index (χ1n) is 3.70. The highest BCUT2D eigenvalue weighted by Gasteiger charge is 2.04. The molecular weight excluding hydrogens is 110 g/mol. The topological polar surface area (TPSA) is 26.0 Å². The molecule has 9 heavy (non-hydrogen) atoms. The van der Waals surface area contributed by atoms with Gasteiger partial charge in [0.2, 0.25) is 0 Å². The van der Waals surface area contributed by atoms with Crippen molar-refractivity contribution < 1.29 is 0 Å². The Morgan fingerprint density at radius 1 is 1.67 bits per heavy atom. The van der Waals surface area contributed by atoms with Crippen molar-refractivity contribution in [2.45, 2.75) is 38.6 Å². The molecule has 0 aromatic heterocycles. The van der Waals surface area contributed by atoms with Crippen molar-refractivity contribution in [3.05, 3.63) is 11.6 Å². The second-order valence-corrected chi connectivity index (χ2v) is 2.94. The van der Waals surface area contributed by atoms with Crippen LogP contribution in [-0.2, 0) is 0 Å². The van der Waals surface area contributed by atoms with Gasteiger partial charge in [-0.2, -0.15) is 0 Å². The van der Waals surface area contributed by atoms with Crippen molar-refractivity contribution in [2.24, 2.45) is 5.73 Å². The second kappa shape index (κ2) is 3.02. The predicted octanol–water partition coefficient (Wildman–Crippen LogP) is 1.83. The van der Waals surface area contributed by atoms with Crippen LogP contribution in [0.5, 0.6) is 0 Å². The Morgan fingerprint density at radius 3 is 3.22 bits per heavy atom. The molecule has 1 nitrogen and oxygen atoms in total. The normalized spacial score (nSPS) is 29.1. The average Bonchev–Trinajstić information content (AvgIpc) is 1.97. The van der Waals surface area contributed by atoms with Gasteiger partial charge >= 0.3 is 0 Å². The molecular formula is C8H15N. The lowest BCUT2D eigenvalue weighted by Crippen LogP contribution is -2.17. The van der Waals surface area contributed by atoms with Crippen LogP contribution < -0.4 is 5.73 Å². The van der Waals surface area contributed by atoms with Gasteiger partial charge in [-0.05, 0) is 32.6 Å². The van der Waals surface area contributed by atoms with E-state index in [2.05, 4.69) is 13.0 Å². The van der Waals surface area contributed by atoms with Crippen LogP contribution in [0.4, 0.5) is 0 Å². The minimum atomic E-state index is 0.433. The first-order chi connectivity index (χ1) is 4.29. The first kappa shape index (κ1) is 6.81. The maximum atomic E-state index is 5.75. The van der Waals surface area contributed by atoms with Gasteiger partial charge in [-0.1, -0.05) is 11.6 Å². The summed E-state index contributed by atoms with van der Waals surface area (Å²) >= 11 is 0. The zero-order chi connectivity index (χ0) is 6.69. The lowest BCUT2D eigenvalue weighted by atomic mass is 10.1. The van der Waals surface area contributed by atoms with Crippen molar-refractivity contribution in [1.82, 2.24) is 0 Å². The average molecular weight is 125 g/mol. The zero-order valence-electron chi connectivity index (χ0n) is 6.06. The van der Waals surface area contributed by atoms with Gasteiger partial charge in [0.15, 0.2) is 0 Å². The van der Waals surface area contributed by atoms with Gasteiger partial charge in [0.1, 0.15) is 0 Å². The van der Waals surface area contributed by atoms with Crippen LogP contribution in [0.2, 0.25) is 0 Å². The first-order valence-corrected chi connectivity index (χ1v) is 3.70. The number of rotatable bonds is 0. The van der Waals surface area contributed by atoms with Crippen molar-refractivity contribution in [3.63, 3.8) is 0 Å². The summed E-state index contributed by atoms with van der Waals surface area (Å²) in [7, 11) is 0. The van der Waals surface area contributed by atoms with Gasteiger partial charge in [0, 0.05) is 6.04 Å². The Hall–Kier alpha value is -0.300. The third kappa shape index (κ3) is 2.19. The highest BCUT2D eigenvalue weighted by molar-refractivity contribution is 5.01. The highest BCUT2D eigenvalue weighted by atomic mass is 14.6. The maximum Gasteiger partial charge on any atom is 0.00736 e. The van der Waals surface area contributed by atoms with E-state index in [0.717, 1.165) is 6.42 Å². The van der Waals surface area contributed by atoms with E-state index in [4.69, 9.17) is 5.73 Å². The summed E-state index contributed by atoms with van der Waals surface area (Å²) in [5.74, 6) is 0. The Balaban J connectivity index is 2.42. The number of hydrogen-bond donors (Lipinski definition) is 1. The van der Waals surface area contributed by atoms with Crippen LogP contribution in [-0.4, -0.2) is 6.04 Å². The van der Waals surface area contributed by atoms with Crippen molar-refractivity contribution >= 4 is 0 Å². The fourth-order valence-electron chi connectivity index (χ4n) is 1.22. The molecule has 1 heteroatoms. The summed E-state index contributed by atoms with van der Waals surface area (Å²) in [6.07, 6.45) is 7.11. The van der Waals surface area contributed by atoms with Crippen LogP contribution >= 0.6 is 0 Å². The van der Waals surface area contributed by atoms with E-state index in [1.165, 1.54) is 24.8 Å². The molecule has 0 unspecified atom stereocenters. The Bertz CT molecular complexity index is 116. The van der Waals surface area contributed by atoms with Gasteiger partial charge in [0.25, 0.3) is 0 Å². The summed E-state index contributed by atoms with van der Waals surface area (Å²) in [5.41, 5.74) is 7.27. The van der Waals surface area contributed by atoms with Gasteiger partial charge < -0.3 is 5.73 Å². The maximum absolute atomic E-state index is 5.75. The van der Waals surface area contributed by atoms with Gasteiger partial charge in [-0.25, -0.2) is 0 Å². The molecule has 1 aliphatic rings. The standard InChI is InChI=1S/C8H15N/c1-7-3-2-4-8(9)6-5-7/h5,8H,2-4,6,9H2,1H3/t8-/m1/s1. The van der Waals surface area contributed by atoms with Gasteiger partial charge in [-0.3, -0.25) is 0 Å².